The SMILES string of the molecule is Cc1ccc(C)c(-n2nc(C(=O)Nc3ccc(F)cc3)nc2-c2ccc(F)cc2)c1. The van der Waals surface area contributed by atoms with Crippen molar-refractivity contribution < 1.29 is 13.6 Å². The van der Waals surface area contributed by atoms with Crippen molar-refractivity contribution >= 4 is 11.6 Å². The standard InChI is InChI=1S/C23H18F2N4O/c1-14-3-4-15(2)20(13-14)29-22(16-5-7-17(24)8-6-16)27-21(28-29)23(30)26-19-11-9-18(25)10-12-19/h3-13H,1-2H3,(H,26,30). The smallest absolute Gasteiger partial charge is 0.295 e. The summed E-state index contributed by atoms with van der Waals surface area (Å²) in [5.74, 6) is -0.948. The maximum atomic E-state index is 13.4. The Morgan fingerprint density at radius 3 is 2.20 bits per heavy atom. The van der Waals surface area contributed by atoms with Crippen molar-refractivity contribution in [2.75, 3.05) is 5.32 Å². The van der Waals surface area contributed by atoms with E-state index in [1.165, 1.54) is 36.4 Å². The summed E-state index contributed by atoms with van der Waals surface area (Å²) in [5, 5.41) is 7.08. The van der Waals surface area contributed by atoms with Gasteiger partial charge in [0, 0.05) is 11.3 Å². The van der Waals surface area contributed by atoms with E-state index in [1.807, 2.05) is 32.0 Å². The molecule has 4 aromatic rings. The molecule has 0 fully saturated rings. The lowest BCUT2D eigenvalue weighted by molar-refractivity contribution is 0.101. The largest absolute Gasteiger partial charge is 0.319 e. The highest BCUT2D eigenvalue weighted by Crippen LogP contribution is 2.24. The van der Waals surface area contributed by atoms with Crippen molar-refractivity contribution in [1.82, 2.24) is 14.8 Å². The molecule has 3 aromatic carbocycles. The molecule has 1 aromatic heterocycles. The highest BCUT2D eigenvalue weighted by molar-refractivity contribution is 6.01. The van der Waals surface area contributed by atoms with Gasteiger partial charge < -0.3 is 5.32 Å². The van der Waals surface area contributed by atoms with Gasteiger partial charge in [0.25, 0.3) is 5.91 Å². The second-order valence-electron chi connectivity index (χ2n) is 6.93. The predicted molar refractivity (Wildman–Crippen MR) is 111 cm³/mol. The molecular formula is C23H18F2N4O. The van der Waals surface area contributed by atoms with Gasteiger partial charge in [-0.1, -0.05) is 12.1 Å². The van der Waals surface area contributed by atoms with Gasteiger partial charge in [0.1, 0.15) is 11.6 Å². The summed E-state index contributed by atoms with van der Waals surface area (Å²) < 4.78 is 28.1. The second kappa shape index (κ2) is 7.87. The van der Waals surface area contributed by atoms with Crippen molar-refractivity contribution in [3.05, 3.63) is 95.3 Å². The summed E-state index contributed by atoms with van der Waals surface area (Å²) in [5.41, 5.74) is 3.77. The summed E-state index contributed by atoms with van der Waals surface area (Å²) >= 11 is 0. The number of amides is 1. The predicted octanol–water partition coefficient (Wildman–Crippen LogP) is 5.08. The van der Waals surface area contributed by atoms with Gasteiger partial charge in [-0.2, -0.15) is 0 Å². The fraction of sp³-hybridized carbons (Fsp3) is 0.0870. The third kappa shape index (κ3) is 3.96. The van der Waals surface area contributed by atoms with Crippen molar-refractivity contribution in [2.24, 2.45) is 0 Å². The Balaban J connectivity index is 1.79. The molecular weight excluding hydrogens is 386 g/mol. The van der Waals surface area contributed by atoms with Gasteiger partial charge in [-0.05, 0) is 79.6 Å². The van der Waals surface area contributed by atoms with Crippen LogP contribution in [0.4, 0.5) is 14.5 Å². The van der Waals surface area contributed by atoms with E-state index in [4.69, 9.17) is 0 Å². The summed E-state index contributed by atoms with van der Waals surface area (Å²) in [4.78, 5) is 17.1. The minimum atomic E-state index is -0.533. The lowest BCUT2D eigenvalue weighted by Crippen LogP contribution is -2.14. The topological polar surface area (TPSA) is 59.8 Å². The van der Waals surface area contributed by atoms with E-state index in [-0.39, 0.29) is 11.6 Å². The Morgan fingerprint density at radius 1 is 0.900 bits per heavy atom. The van der Waals surface area contributed by atoms with Crippen LogP contribution in [0.1, 0.15) is 21.7 Å². The van der Waals surface area contributed by atoms with E-state index in [0.717, 1.165) is 16.8 Å². The number of hydrogen-bond donors (Lipinski definition) is 1. The van der Waals surface area contributed by atoms with Crippen LogP contribution in [0.25, 0.3) is 17.1 Å². The van der Waals surface area contributed by atoms with Crippen LogP contribution in [0.5, 0.6) is 0 Å². The van der Waals surface area contributed by atoms with Crippen LogP contribution in [0.3, 0.4) is 0 Å². The van der Waals surface area contributed by atoms with Crippen LogP contribution in [-0.2, 0) is 0 Å². The van der Waals surface area contributed by atoms with E-state index in [0.29, 0.717) is 17.1 Å². The van der Waals surface area contributed by atoms with Gasteiger partial charge in [-0.3, -0.25) is 4.79 Å². The average Bonchev–Trinajstić information content (AvgIpc) is 3.17. The number of nitrogens with one attached hydrogen (secondary N) is 1. The lowest BCUT2D eigenvalue weighted by atomic mass is 10.1. The molecule has 5 nitrogen and oxygen atoms in total. The minimum Gasteiger partial charge on any atom is -0.319 e. The Morgan fingerprint density at radius 2 is 1.53 bits per heavy atom. The van der Waals surface area contributed by atoms with E-state index < -0.39 is 11.7 Å². The molecule has 30 heavy (non-hydrogen) atoms. The van der Waals surface area contributed by atoms with Crippen molar-refractivity contribution in [2.45, 2.75) is 13.8 Å². The van der Waals surface area contributed by atoms with Crippen molar-refractivity contribution in [3.63, 3.8) is 0 Å². The molecule has 1 heterocycles. The number of aromatic nitrogens is 3. The molecule has 0 saturated carbocycles. The number of benzene rings is 3. The molecule has 0 bridgehead atoms. The first-order chi connectivity index (χ1) is 14.4. The fourth-order valence-corrected chi connectivity index (χ4v) is 3.03. The van der Waals surface area contributed by atoms with Crippen molar-refractivity contribution in [1.29, 1.82) is 0 Å². The van der Waals surface area contributed by atoms with Crippen LogP contribution in [0.15, 0.2) is 66.7 Å². The molecule has 4 rings (SSSR count). The number of hydrogen-bond acceptors (Lipinski definition) is 3. The summed E-state index contributed by atoms with van der Waals surface area (Å²) in [6.07, 6.45) is 0. The molecule has 150 valence electrons. The first kappa shape index (κ1) is 19.4. The first-order valence-corrected chi connectivity index (χ1v) is 9.28. The number of anilines is 1. The van der Waals surface area contributed by atoms with Gasteiger partial charge in [0.15, 0.2) is 5.82 Å². The highest BCUT2D eigenvalue weighted by atomic mass is 19.1. The van der Waals surface area contributed by atoms with Crippen LogP contribution in [-0.4, -0.2) is 20.7 Å². The van der Waals surface area contributed by atoms with Gasteiger partial charge in [-0.15, -0.1) is 5.10 Å². The lowest BCUT2D eigenvalue weighted by Gasteiger charge is -2.10. The quantitative estimate of drug-likeness (QED) is 0.516. The third-order valence-corrected chi connectivity index (χ3v) is 4.61. The Bertz CT molecular complexity index is 1220. The third-order valence-electron chi connectivity index (χ3n) is 4.61. The molecule has 0 spiro atoms. The Hall–Kier alpha value is -3.87. The van der Waals surface area contributed by atoms with Gasteiger partial charge in [0.2, 0.25) is 5.82 Å². The second-order valence-corrected chi connectivity index (χ2v) is 6.93. The zero-order valence-electron chi connectivity index (χ0n) is 16.4. The average molecular weight is 404 g/mol. The first-order valence-electron chi connectivity index (χ1n) is 9.28. The molecule has 0 aliphatic carbocycles. The number of carbonyl (C=O) groups is 1. The summed E-state index contributed by atoms with van der Waals surface area (Å²) in [6.45, 7) is 3.89. The van der Waals surface area contributed by atoms with Crippen LogP contribution in [0.2, 0.25) is 0 Å². The molecule has 1 N–H and O–H groups in total. The zero-order chi connectivity index (χ0) is 21.3. The van der Waals surface area contributed by atoms with E-state index >= 15 is 0 Å². The number of aryl methyl sites for hydroxylation is 2. The highest BCUT2D eigenvalue weighted by Gasteiger charge is 2.20. The van der Waals surface area contributed by atoms with Crippen molar-refractivity contribution in [3.8, 4) is 17.1 Å². The fourth-order valence-electron chi connectivity index (χ4n) is 3.03. The molecule has 0 saturated heterocycles. The molecule has 0 atom stereocenters. The number of carbonyl (C=O) groups excluding carboxylic acids is 1. The molecule has 7 heteroatoms. The number of rotatable bonds is 4. The molecule has 0 aliphatic rings. The zero-order valence-corrected chi connectivity index (χ0v) is 16.4. The summed E-state index contributed by atoms with van der Waals surface area (Å²) in [6, 6.07) is 17.1. The maximum Gasteiger partial charge on any atom is 0.295 e. The summed E-state index contributed by atoms with van der Waals surface area (Å²) in [7, 11) is 0. The van der Waals surface area contributed by atoms with E-state index in [2.05, 4.69) is 15.4 Å². The Kier molecular flexibility index (Phi) is 5.10. The van der Waals surface area contributed by atoms with Crippen LogP contribution < -0.4 is 5.32 Å². The Labute approximate surface area is 172 Å². The molecule has 1 amide bonds. The van der Waals surface area contributed by atoms with Crippen LogP contribution >= 0.6 is 0 Å². The molecule has 0 radical (unpaired) electrons. The number of halogens is 2. The molecule has 0 unspecified atom stereocenters. The van der Waals surface area contributed by atoms with Gasteiger partial charge in [0.05, 0.1) is 5.69 Å². The maximum absolute atomic E-state index is 13.4. The van der Waals surface area contributed by atoms with E-state index in [1.54, 1.807) is 16.8 Å². The molecule has 0 aliphatic heterocycles. The monoisotopic (exact) mass is 404 g/mol. The number of nitrogens with zero attached hydrogens (tertiary/aromatic N) is 3. The minimum absolute atomic E-state index is 0.0560. The van der Waals surface area contributed by atoms with Crippen LogP contribution in [0, 0.1) is 25.5 Å². The normalized spacial score (nSPS) is 10.8. The van der Waals surface area contributed by atoms with Gasteiger partial charge >= 0.3 is 0 Å². The van der Waals surface area contributed by atoms with Gasteiger partial charge in [-0.25, -0.2) is 18.4 Å². The van der Waals surface area contributed by atoms with E-state index in [9.17, 15) is 13.6 Å².